The maximum Gasteiger partial charge on any atom is 0.262 e. The van der Waals surface area contributed by atoms with Crippen LogP contribution in [0.25, 0.3) is 0 Å². The molecule has 0 radical (unpaired) electrons. The Morgan fingerprint density at radius 3 is 2.29 bits per heavy atom. The van der Waals surface area contributed by atoms with Gasteiger partial charge < -0.3 is 14.5 Å². The molecular formula is C49H50ClN7O6. The SMILES string of the molecule is CC1(C)[C@H](Oc2ccc(C#N)c(Cl)c2)C(C)(C)[C@H]1N1Cc2nc(C#CC3CCC(N4CCC5(CN(c6ccc7c(c6)C(=O)N(C6CCC(=O)NC6=O)C7=O)C5)C4)CC3)ccc2C1=O. The van der Waals surface area contributed by atoms with Gasteiger partial charge in [-0.1, -0.05) is 45.2 Å². The zero-order valence-electron chi connectivity index (χ0n) is 36.0. The summed E-state index contributed by atoms with van der Waals surface area (Å²) in [7, 11) is 0. The molecule has 63 heavy (non-hydrogen) atoms. The van der Waals surface area contributed by atoms with Gasteiger partial charge >= 0.3 is 0 Å². The Morgan fingerprint density at radius 2 is 1.57 bits per heavy atom. The molecule has 13 nitrogen and oxygen atoms in total. The van der Waals surface area contributed by atoms with E-state index in [4.69, 9.17) is 21.3 Å². The molecule has 7 aliphatic rings. The van der Waals surface area contributed by atoms with E-state index < -0.39 is 29.7 Å². The van der Waals surface area contributed by atoms with Crippen LogP contribution in [0.5, 0.6) is 5.75 Å². The van der Waals surface area contributed by atoms with Gasteiger partial charge in [0.05, 0.1) is 39.5 Å². The molecule has 14 heteroatoms. The Morgan fingerprint density at radius 1 is 0.841 bits per heavy atom. The minimum absolute atomic E-state index is 0.0165. The number of amides is 5. The van der Waals surface area contributed by atoms with E-state index in [0.717, 1.165) is 74.6 Å². The van der Waals surface area contributed by atoms with Crippen LogP contribution in [0.15, 0.2) is 48.5 Å². The van der Waals surface area contributed by atoms with Gasteiger partial charge in [0.25, 0.3) is 17.7 Å². The van der Waals surface area contributed by atoms with Gasteiger partial charge in [-0.3, -0.25) is 39.1 Å². The zero-order chi connectivity index (χ0) is 44.2. The lowest BCUT2D eigenvalue weighted by molar-refractivity contribution is -0.199. The average molecular weight is 868 g/mol. The fourth-order valence-corrected chi connectivity index (χ4v) is 12.6. The molecule has 2 saturated carbocycles. The fraction of sp³-hybridized carbons (Fsp3) is 0.490. The molecule has 1 atom stereocenters. The highest BCUT2D eigenvalue weighted by atomic mass is 35.5. The van der Waals surface area contributed by atoms with Crippen molar-refractivity contribution in [3.05, 3.63) is 87.2 Å². The lowest BCUT2D eigenvalue weighted by Gasteiger charge is -2.65. The molecule has 0 bridgehead atoms. The van der Waals surface area contributed by atoms with E-state index in [2.05, 4.69) is 60.7 Å². The molecule has 3 saturated heterocycles. The first-order valence-electron chi connectivity index (χ1n) is 22.1. The average Bonchev–Trinajstić information content (AvgIpc) is 3.90. The first-order chi connectivity index (χ1) is 30.1. The van der Waals surface area contributed by atoms with Crippen molar-refractivity contribution < 1.29 is 28.7 Å². The number of pyridine rings is 1. The normalized spacial score (nSPS) is 27.8. The van der Waals surface area contributed by atoms with Gasteiger partial charge in [0.2, 0.25) is 11.8 Å². The van der Waals surface area contributed by atoms with E-state index in [1.54, 1.807) is 30.3 Å². The Labute approximate surface area is 372 Å². The molecule has 1 N–H and O–H groups in total. The van der Waals surface area contributed by atoms with E-state index in [9.17, 15) is 29.2 Å². The van der Waals surface area contributed by atoms with Crippen LogP contribution in [0.3, 0.4) is 0 Å². The lowest BCUT2D eigenvalue weighted by Crippen LogP contribution is -2.74. The second-order valence-corrected chi connectivity index (χ2v) is 20.4. The van der Waals surface area contributed by atoms with E-state index in [1.165, 1.54) is 0 Å². The summed E-state index contributed by atoms with van der Waals surface area (Å²) in [5, 5.41) is 11.9. The van der Waals surface area contributed by atoms with E-state index in [1.807, 2.05) is 23.1 Å². The molecule has 5 amide bonds. The number of rotatable bonds is 6. The Kier molecular flexibility index (Phi) is 9.77. The first-order valence-corrected chi connectivity index (χ1v) is 22.5. The van der Waals surface area contributed by atoms with Crippen molar-refractivity contribution in [1.29, 1.82) is 5.26 Å². The van der Waals surface area contributed by atoms with Gasteiger partial charge in [0.1, 0.15) is 29.7 Å². The Balaban J connectivity index is 0.714. The van der Waals surface area contributed by atoms with Crippen LogP contribution in [-0.4, -0.2) is 99.6 Å². The number of hydrogen-bond donors (Lipinski definition) is 1. The third-order valence-electron chi connectivity index (χ3n) is 15.1. The van der Waals surface area contributed by atoms with Crippen molar-refractivity contribution in [2.45, 2.75) is 103 Å². The highest BCUT2D eigenvalue weighted by molar-refractivity contribution is 6.31. The predicted octanol–water partition coefficient (Wildman–Crippen LogP) is 5.97. The highest BCUT2D eigenvalue weighted by Crippen LogP contribution is 2.59. The number of hydrogen-bond acceptors (Lipinski definition) is 10. The van der Waals surface area contributed by atoms with E-state index >= 15 is 0 Å². The molecular weight excluding hydrogens is 818 g/mol. The van der Waals surface area contributed by atoms with Gasteiger partial charge in [-0.05, 0) is 93.5 Å². The standard InChI is InChI=1S/C49H50ClN7O6/c1-47(2)45(48(3,4)46(47)63-33-14-8-29(23-51)37(50)22-33)56-24-38-35(42(56)60)15-10-30(52-38)9-5-28-6-11-31(12-7-28)54-20-19-49(25-54)26-55(27-49)32-13-16-34-36(21-32)44(62)57(43(34)61)39-17-18-40(58)53-41(39)59/h8,10,13-16,21-22,28,31,39,45-46H,6-7,11-12,17-20,24-27H2,1-4H3,(H,53,58,59)/t28?,31?,39?,45-,46-. The van der Waals surface area contributed by atoms with Crippen molar-refractivity contribution in [3.63, 3.8) is 0 Å². The third-order valence-corrected chi connectivity index (χ3v) is 15.4. The molecule has 1 aromatic heterocycles. The minimum Gasteiger partial charge on any atom is -0.489 e. The van der Waals surface area contributed by atoms with Crippen molar-refractivity contribution in [2.24, 2.45) is 22.2 Å². The number of carbonyl (C=O) groups excluding carboxylic acids is 5. The summed E-state index contributed by atoms with van der Waals surface area (Å²) in [5.41, 5.74) is 3.48. The molecule has 1 spiro atoms. The number of imide groups is 2. The predicted molar refractivity (Wildman–Crippen MR) is 233 cm³/mol. The second kappa shape index (κ2) is 14.9. The highest BCUT2D eigenvalue weighted by Gasteiger charge is 2.67. The number of nitrogens with one attached hydrogen (secondary N) is 1. The number of piperidine rings is 1. The topological polar surface area (TPSA) is 156 Å². The number of halogens is 1. The summed E-state index contributed by atoms with van der Waals surface area (Å²) in [6.45, 7) is 12.8. The van der Waals surface area contributed by atoms with Gasteiger partial charge in [-0.15, -0.1) is 0 Å². The molecule has 1 unspecified atom stereocenters. The monoisotopic (exact) mass is 867 g/mol. The van der Waals surface area contributed by atoms with Crippen LogP contribution in [0, 0.1) is 45.3 Å². The molecule has 10 rings (SSSR count). The fourth-order valence-electron chi connectivity index (χ4n) is 12.4. The van der Waals surface area contributed by atoms with Crippen LogP contribution in [0.2, 0.25) is 5.02 Å². The number of anilines is 1. The number of benzene rings is 2. The smallest absolute Gasteiger partial charge is 0.262 e. The third kappa shape index (κ3) is 6.78. The van der Waals surface area contributed by atoms with Crippen LogP contribution < -0.4 is 15.0 Å². The maximum absolute atomic E-state index is 13.8. The molecule has 2 aliphatic carbocycles. The zero-order valence-corrected chi connectivity index (χ0v) is 36.8. The van der Waals surface area contributed by atoms with Gasteiger partial charge in [-0.2, -0.15) is 5.26 Å². The molecule has 2 aromatic carbocycles. The van der Waals surface area contributed by atoms with Crippen molar-refractivity contribution in [1.82, 2.24) is 25.0 Å². The molecule has 5 fully saturated rings. The summed E-state index contributed by atoms with van der Waals surface area (Å²) in [6, 6.07) is 15.8. The van der Waals surface area contributed by atoms with E-state index in [-0.39, 0.29) is 47.1 Å². The van der Waals surface area contributed by atoms with Gasteiger partial charge in [0, 0.05) is 72.1 Å². The van der Waals surface area contributed by atoms with Crippen LogP contribution >= 0.6 is 11.6 Å². The summed E-state index contributed by atoms with van der Waals surface area (Å²) >= 11 is 6.30. The summed E-state index contributed by atoms with van der Waals surface area (Å²) < 4.78 is 6.48. The Hall–Kier alpha value is -5.76. The summed E-state index contributed by atoms with van der Waals surface area (Å²) in [5.74, 6) is 5.80. The van der Waals surface area contributed by atoms with Crippen LogP contribution in [-0.2, 0) is 16.1 Å². The number of aromatic nitrogens is 1. The molecule has 3 aromatic rings. The first kappa shape index (κ1) is 41.3. The summed E-state index contributed by atoms with van der Waals surface area (Å²) in [4.78, 5) is 77.4. The Bertz CT molecular complexity index is 2590. The quantitative estimate of drug-likeness (QED) is 0.232. The van der Waals surface area contributed by atoms with Crippen LogP contribution in [0.1, 0.15) is 121 Å². The number of nitrogens with zero attached hydrogens (tertiary/aromatic N) is 6. The lowest BCUT2D eigenvalue weighted by atomic mass is 9.49. The number of fused-ring (bicyclic) bond motifs is 2. The maximum atomic E-state index is 13.8. The van der Waals surface area contributed by atoms with Crippen molar-refractivity contribution in [3.8, 4) is 23.7 Å². The number of nitriles is 1. The van der Waals surface area contributed by atoms with Crippen molar-refractivity contribution in [2.75, 3.05) is 31.1 Å². The molecule has 6 heterocycles. The van der Waals surface area contributed by atoms with Crippen molar-refractivity contribution >= 4 is 46.8 Å². The van der Waals surface area contributed by atoms with Gasteiger partial charge in [0.15, 0.2) is 0 Å². The number of carbonyl (C=O) groups is 5. The number of likely N-dealkylation sites (tertiary alicyclic amines) is 1. The largest absolute Gasteiger partial charge is 0.489 e. The number of ether oxygens (including phenoxy) is 1. The summed E-state index contributed by atoms with van der Waals surface area (Å²) in [6.07, 6.45) is 5.42. The van der Waals surface area contributed by atoms with Crippen LogP contribution in [0.4, 0.5) is 5.69 Å². The van der Waals surface area contributed by atoms with Gasteiger partial charge in [-0.25, -0.2) is 4.98 Å². The minimum atomic E-state index is -0.973. The van der Waals surface area contributed by atoms with E-state index in [0.29, 0.717) is 57.2 Å². The second-order valence-electron chi connectivity index (χ2n) is 19.9. The molecule has 324 valence electrons. The molecule has 5 aliphatic heterocycles.